The first-order valence-corrected chi connectivity index (χ1v) is 13.2. The molecule has 1 amide bonds. The number of hydrogen-bond acceptors (Lipinski definition) is 5. The maximum atomic E-state index is 12.9. The number of aryl methyl sites for hydroxylation is 1. The van der Waals surface area contributed by atoms with Crippen molar-refractivity contribution < 1.29 is 9.53 Å². The Morgan fingerprint density at radius 2 is 1.78 bits per heavy atom. The molecule has 0 saturated carbocycles. The fraction of sp³-hybridized carbons (Fsp3) is 0.483. The monoisotopic (exact) mass is 487 g/mol. The molecule has 4 heterocycles. The second-order valence-corrected chi connectivity index (χ2v) is 10.3. The predicted octanol–water partition coefficient (Wildman–Crippen LogP) is 4.19. The summed E-state index contributed by atoms with van der Waals surface area (Å²) in [6, 6.07) is 12.7. The fourth-order valence-electron chi connectivity index (χ4n) is 5.74. The summed E-state index contributed by atoms with van der Waals surface area (Å²) < 4.78 is 8.15. The number of aromatic nitrogens is 3. The molecular formula is C29H37N5O2. The van der Waals surface area contributed by atoms with E-state index in [2.05, 4.69) is 51.3 Å². The molecule has 7 nitrogen and oxygen atoms in total. The van der Waals surface area contributed by atoms with E-state index in [0.29, 0.717) is 13.2 Å². The van der Waals surface area contributed by atoms with Crippen LogP contribution in [0.25, 0.3) is 0 Å². The van der Waals surface area contributed by atoms with Gasteiger partial charge in [-0.15, -0.1) is 0 Å². The Bertz CT molecular complexity index is 1090. The molecule has 3 aromatic rings. The maximum absolute atomic E-state index is 12.9. The van der Waals surface area contributed by atoms with Crippen LogP contribution in [0.2, 0.25) is 0 Å². The zero-order valence-corrected chi connectivity index (χ0v) is 21.1. The number of hydrogen-bond donors (Lipinski definition) is 0. The molecule has 7 heteroatoms. The van der Waals surface area contributed by atoms with Crippen LogP contribution >= 0.6 is 0 Å². The van der Waals surface area contributed by atoms with Gasteiger partial charge < -0.3 is 14.2 Å². The summed E-state index contributed by atoms with van der Waals surface area (Å²) in [7, 11) is 0. The molecule has 2 aliphatic heterocycles. The summed E-state index contributed by atoms with van der Waals surface area (Å²) in [5.41, 5.74) is 2.81. The van der Waals surface area contributed by atoms with E-state index in [1.54, 1.807) is 12.5 Å². The van der Waals surface area contributed by atoms with Gasteiger partial charge in [0.2, 0.25) is 5.91 Å². The summed E-state index contributed by atoms with van der Waals surface area (Å²) in [6.07, 6.45) is 15.8. The summed E-state index contributed by atoms with van der Waals surface area (Å²) in [5, 5.41) is 0. The third-order valence-electron chi connectivity index (χ3n) is 7.81. The van der Waals surface area contributed by atoms with E-state index in [1.165, 1.54) is 24.0 Å². The number of benzene rings is 1. The highest BCUT2D eigenvalue weighted by atomic mass is 16.5. The van der Waals surface area contributed by atoms with Gasteiger partial charge in [0, 0.05) is 57.5 Å². The third-order valence-corrected chi connectivity index (χ3v) is 7.81. The van der Waals surface area contributed by atoms with Crippen molar-refractivity contribution >= 4 is 5.91 Å². The largest absolute Gasteiger partial charge is 0.492 e. The van der Waals surface area contributed by atoms with Gasteiger partial charge in [-0.2, -0.15) is 0 Å². The molecule has 1 fully saturated rings. The molecule has 190 valence electrons. The normalized spacial score (nSPS) is 19.1. The van der Waals surface area contributed by atoms with Gasteiger partial charge in [0.05, 0.1) is 6.33 Å². The minimum atomic E-state index is 0.189. The van der Waals surface area contributed by atoms with Crippen LogP contribution in [-0.2, 0) is 24.3 Å². The molecule has 2 aliphatic rings. The Morgan fingerprint density at radius 1 is 0.944 bits per heavy atom. The highest BCUT2D eigenvalue weighted by Gasteiger charge is 2.37. The van der Waals surface area contributed by atoms with Crippen molar-refractivity contribution in [3.8, 4) is 5.75 Å². The van der Waals surface area contributed by atoms with Crippen LogP contribution in [0.1, 0.15) is 43.2 Å². The zero-order valence-electron chi connectivity index (χ0n) is 21.1. The van der Waals surface area contributed by atoms with E-state index in [9.17, 15) is 4.79 Å². The Hall–Kier alpha value is -3.19. The molecule has 0 bridgehead atoms. The maximum Gasteiger partial charge on any atom is 0.242 e. The SMILES string of the molecule is O=C(Cn1ccnc1)N1CCC2(CCCCc3ccccc3OCCN(Cc3ccncc3)C2)CC1. The minimum Gasteiger partial charge on any atom is -0.492 e. The third kappa shape index (κ3) is 6.32. The number of pyridine rings is 1. The lowest BCUT2D eigenvalue weighted by molar-refractivity contribution is -0.134. The van der Waals surface area contributed by atoms with Gasteiger partial charge >= 0.3 is 0 Å². The number of nitrogens with zero attached hydrogens (tertiary/aromatic N) is 5. The number of rotatable bonds is 4. The highest BCUT2D eigenvalue weighted by Crippen LogP contribution is 2.38. The predicted molar refractivity (Wildman–Crippen MR) is 139 cm³/mol. The lowest BCUT2D eigenvalue weighted by atomic mass is 9.73. The standard InChI is InChI=1S/C29H37N5O2/c35-28(22-33-18-15-31-24-33)34-16-11-29(12-17-34)10-4-3-6-26-5-1-2-7-27(26)36-20-19-32(23-29)21-25-8-13-30-14-9-25/h1-2,5,7-9,13-15,18,24H,3-4,6,10-12,16-17,19-23H2. The molecule has 0 unspecified atom stereocenters. The molecular weight excluding hydrogens is 450 g/mol. The fourth-order valence-corrected chi connectivity index (χ4v) is 5.74. The van der Waals surface area contributed by atoms with Gasteiger partial charge in [0.1, 0.15) is 18.9 Å². The summed E-state index contributed by atoms with van der Waals surface area (Å²) in [6.45, 7) is 5.50. The molecule has 5 rings (SSSR count). The van der Waals surface area contributed by atoms with Crippen LogP contribution in [0.15, 0.2) is 67.5 Å². The van der Waals surface area contributed by atoms with Gasteiger partial charge in [0.15, 0.2) is 0 Å². The van der Waals surface area contributed by atoms with Gasteiger partial charge in [-0.05, 0) is 66.8 Å². The first kappa shape index (κ1) is 24.5. The van der Waals surface area contributed by atoms with Crippen LogP contribution in [0, 0.1) is 5.41 Å². The second kappa shape index (κ2) is 11.7. The molecule has 0 aliphatic carbocycles. The average Bonchev–Trinajstić information content (AvgIpc) is 3.41. The van der Waals surface area contributed by atoms with Gasteiger partial charge in [-0.3, -0.25) is 14.7 Å². The Balaban J connectivity index is 1.30. The van der Waals surface area contributed by atoms with Crippen LogP contribution in [0.5, 0.6) is 5.75 Å². The van der Waals surface area contributed by atoms with Crippen molar-refractivity contribution in [3.05, 3.63) is 78.6 Å². The second-order valence-electron chi connectivity index (χ2n) is 10.3. The van der Waals surface area contributed by atoms with Crippen LogP contribution in [-0.4, -0.2) is 63.0 Å². The van der Waals surface area contributed by atoms with Crippen molar-refractivity contribution in [2.75, 3.05) is 32.8 Å². The molecule has 0 atom stereocenters. The number of ether oxygens (including phenoxy) is 1. The van der Waals surface area contributed by atoms with Crippen LogP contribution in [0.3, 0.4) is 0 Å². The van der Waals surface area contributed by atoms with Crippen molar-refractivity contribution in [1.29, 1.82) is 0 Å². The summed E-state index contributed by atoms with van der Waals surface area (Å²) in [4.78, 5) is 25.8. The number of para-hydroxylation sites is 1. The Morgan fingerprint density at radius 3 is 2.58 bits per heavy atom. The first-order chi connectivity index (χ1) is 17.7. The molecule has 0 radical (unpaired) electrons. The molecule has 1 saturated heterocycles. The molecule has 2 aromatic heterocycles. The van der Waals surface area contributed by atoms with Crippen molar-refractivity contribution in [2.24, 2.45) is 5.41 Å². The molecule has 0 N–H and O–H groups in total. The van der Waals surface area contributed by atoms with Crippen molar-refractivity contribution in [2.45, 2.75) is 51.6 Å². The molecule has 1 aromatic carbocycles. The van der Waals surface area contributed by atoms with E-state index in [4.69, 9.17) is 4.74 Å². The Labute approximate surface area is 214 Å². The number of amides is 1. The summed E-state index contributed by atoms with van der Waals surface area (Å²) in [5.74, 6) is 1.22. The van der Waals surface area contributed by atoms with E-state index < -0.39 is 0 Å². The molecule has 36 heavy (non-hydrogen) atoms. The van der Waals surface area contributed by atoms with Gasteiger partial charge in [-0.25, -0.2) is 4.98 Å². The minimum absolute atomic E-state index is 0.189. The van der Waals surface area contributed by atoms with Crippen molar-refractivity contribution in [3.63, 3.8) is 0 Å². The van der Waals surface area contributed by atoms with Crippen molar-refractivity contribution in [1.82, 2.24) is 24.3 Å². The molecule has 1 spiro atoms. The van der Waals surface area contributed by atoms with E-state index >= 15 is 0 Å². The zero-order chi connectivity index (χ0) is 24.6. The van der Waals surface area contributed by atoms with Gasteiger partial charge in [-0.1, -0.05) is 24.6 Å². The topological polar surface area (TPSA) is 63.5 Å². The summed E-state index contributed by atoms with van der Waals surface area (Å²) >= 11 is 0. The number of carbonyl (C=O) groups is 1. The smallest absolute Gasteiger partial charge is 0.242 e. The number of fused-ring (bicyclic) bond motifs is 1. The van der Waals surface area contributed by atoms with E-state index in [1.807, 2.05) is 28.1 Å². The lowest BCUT2D eigenvalue weighted by Crippen LogP contribution is -2.49. The number of carbonyl (C=O) groups excluding carboxylic acids is 1. The van der Waals surface area contributed by atoms with Crippen LogP contribution in [0.4, 0.5) is 0 Å². The van der Waals surface area contributed by atoms with E-state index in [0.717, 1.165) is 64.2 Å². The van der Waals surface area contributed by atoms with E-state index in [-0.39, 0.29) is 11.3 Å². The highest BCUT2D eigenvalue weighted by molar-refractivity contribution is 5.76. The first-order valence-electron chi connectivity index (χ1n) is 13.2. The Kier molecular flexibility index (Phi) is 7.96. The lowest BCUT2D eigenvalue weighted by Gasteiger charge is -2.45. The number of likely N-dealkylation sites (tertiary alicyclic amines) is 1. The number of piperidine rings is 1. The average molecular weight is 488 g/mol. The quantitative estimate of drug-likeness (QED) is 0.552. The number of imidazole rings is 1. The van der Waals surface area contributed by atoms with Gasteiger partial charge in [0.25, 0.3) is 0 Å². The van der Waals surface area contributed by atoms with Crippen LogP contribution < -0.4 is 4.74 Å².